The number of ketones is 1. The topological polar surface area (TPSA) is 194 Å². The molecule has 0 radical (unpaired) electrons. The van der Waals surface area contributed by atoms with Crippen LogP contribution in [0, 0.1) is 27.4 Å². The Bertz CT molecular complexity index is 1380. The minimum Gasteiger partial charge on any atom is -0.480 e. The number of hydrogen-bond acceptors (Lipinski definition) is 9. The Morgan fingerprint density at radius 2 is 1.92 bits per heavy atom. The quantitative estimate of drug-likeness (QED) is 0.0517. The lowest BCUT2D eigenvalue weighted by atomic mass is 9.70. The van der Waals surface area contributed by atoms with Crippen molar-refractivity contribution in [2.75, 3.05) is 19.7 Å². The van der Waals surface area contributed by atoms with Crippen LogP contribution in [-0.4, -0.2) is 81.7 Å². The van der Waals surface area contributed by atoms with E-state index >= 15 is 0 Å². The summed E-state index contributed by atoms with van der Waals surface area (Å²) in [6, 6.07) is -1.82. The minimum atomic E-state index is -2.22. The number of likely N-dealkylation sites (tertiary alicyclic amines) is 1. The molecule has 3 aliphatic rings. The van der Waals surface area contributed by atoms with Crippen LogP contribution >= 0.6 is 0 Å². The second kappa shape index (κ2) is 15.6. The van der Waals surface area contributed by atoms with Crippen LogP contribution in [0.4, 0.5) is 9.59 Å². The van der Waals surface area contributed by atoms with Crippen molar-refractivity contribution < 1.29 is 43.5 Å². The summed E-state index contributed by atoms with van der Waals surface area (Å²) in [6.07, 6.45) is 7.67. The van der Waals surface area contributed by atoms with Gasteiger partial charge in [-0.3, -0.25) is 19.7 Å². The van der Waals surface area contributed by atoms with Crippen molar-refractivity contribution in [1.82, 2.24) is 15.5 Å². The van der Waals surface area contributed by atoms with Gasteiger partial charge in [-0.05, 0) is 78.4 Å². The normalized spacial score (nSPS) is 25.5. The largest absolute Gasteiger partial charge is 0.480 e. The van der Waals surface area contributed by atoms with Crippen molar-refractivity contribution in [1.29, 1.82) is 0 Å². The number of nitrogens with zero attached hydrogens (tertiary/aromatic N) is 2. The third-order valence-corrected chi connectivity index (χ3v) is 8.93. The summed E-state index contributed by atoms with van der Waals surface area (Å²) in [5.74, 6) is -3.90. The predicted molar refractivity (Wildman–Crippen MR) is 175 cm³/mol. The van der Waals surface area contributed by atoms with Crippen molar-refractivity contribution >= 4 is 29.8 Å². The van der Waals surface area contributed by atoms with E-state index in [0.29, 0.717) is 19.3 Å². The molecule has 5 atom stereocenters. The number of rotatable bonds is 16. The molecule has 14 heteroatoms. The van der Waals surface area contributed by atoms with Gasteiger partial charge in [-0.1, -0.05) is 25.0 Å². The second-order valence-electron chi connectivity index (χ2n) is 13.5. The molecule has 0 aromatic carbocycles. The van der Waals surface area contributed by atoms with E-state index in [0.717, 1.165) is 25.0 Å². The Hall–Kier alpha value is -4.49. The third-order valence-electron chi connectivity index (χ3n) is 8.93. The fourth-order valence-corrected chi connectivity index (χ4v) is 6.28. The van der Waals surface area contributed by atoms with Gasteiger partial charge in [0.25, 0.3) is 5.70 Å². The molecule has 264 valence electrons. The van der Waals surface area contributed by atoms with E-state index in [9.17, 15) is 39.2 Å². The molecular weight excluding hydrogens is 624 g/mol. The van der Waals surface area contributed by atoms with Crippen molar-refractivity contribution in [3.05, 3.63) is 58.8 Å². The summed E-state index contributed by atoms with van der Waals surface area (Å²) in [4.78, 5) is 78.8. The monoisotopic (exact) mass is 672 g/mol. The van der Waals surface area contributed by atoms with Gasteiger partial charge in [0.15, 0.2) is 11.2 Å². The van der Waals surface area contributed by atoms with Gasteiger partial charge in [0.2, 0.25) is 0 Å². The van der Waals surface area contributed by atoms with Crippen molar-refractivity contribution in [2.45, 2.75) is 96.2 Å². The number of urea groups is 1. The van der Waals surface area contributed by atoms with Gasteiger partial charge in [-0.25, -0.2) is 14.4 Å². The molecule has 1 aliphatic heterocycles. The molecule has 3 N–H and O–H groups in total. The number of alkyl carbamates (subject to hydrolysis) is 1. The molecule has 14 nitrogen and oxygen atoms in total. The van der Waals surface area contributed by atoms with Crippen LogP contribution in [-0.2, 0) is 23.9 Å². The smallest absolute Gasteiger partial charge is 0.408 e. The highest BCUT2D eigenvalue weighted by Gasteiger charge is 2.61. The molecule has 3 amide bonds. The summed E-state index contributed by atoms with van der Waals surface area (Å²) in [6.45, 7) is 14.3. The Morgan fingerprint density at radius 1 is 1.21 bits per heavy atom. The first kappa shape index (κ1) is 38.0. The minimum absolute atomic E-state index is 0.0205. The van der Waals surface area contributed by atoms with Crippen molar-refractivity contribution in [2.24, 2.45) is 17.3 Å². The van der Waals surface area contributed by atoms with Gasteiger partial charge in [0.1, 0.15) is 11.1 Å². The number of carboxylic acid groups (broad SMARTS) is 1. The molecule has 0 bridgehead atoms. The van der Waals surface area contributed by atoms with Crippen molar-refractivity contribution in [3.8, 4) is 0 Å². The molecule has 4 unspecified atom stereocenters. The molecule has 1 saturated heterocycles. The number of amides is 3. The SMILES string of the molecule is C=CCCCCC[C@H](NC(=O)OC(C)(C)C)C(=O)C1(C(=O)O)C=C(C2CCN(C(=O)NC3(C(=O)OCC)CC3C=C)C2)C([N+](=O)[O-])=CC1. The van der Waals surface area contributed by atoms with Crippen molar-refractivity contribution in [3.63, 3.8) is 0 Å². The van der Waals surface area contributed by atoms with E-state index in [2.05, 4.69) is 23.8 Å². The van der Waals surface area contributed by atoms with Gasteiger partial charge in [-0.2, -0.15) is 0 Å². The Kier molecular flexibility index (Phi) is 12.3. The lowest BCUT2D eigenvalue weighted by Gasteiger charge is -2.32. The number of ether oxygens (including phenoxy) is 2. The number of carboxylic acids is 1. The van der Waals surface area contributed by atoms with Gasteiger partial charge in [0.05, 0.1) is 17.6 Å². The van der Waals surface area contributed by atoms with E-state index in [1.165, 1.54) is 4.90 Å². The number of aliphatic carboxylic acids is 1. The summed E-state index contributed by atoms with van der Waals surface area (Å²) in [7, 11) is 0. The second-order valence-corrected chi connectivity index (χ2v) is 13.5. The van der Waals surface area contributed by atoms with E-state index in [1.807, 2.05) is 0 Å². The Balaban J connectivity index is 1.90. The molecule has 0 aromatic heterocycles. The number of carbonyl (C=O) groups excluding carboxylic acids is 4. The van der Waals surface area contributed by atoms with E-state index in [4.69, 9.17) is 9.47 Å². The number of unbranched alkanes of at least 4 members (excludes halogenated alkanes) is 3. The predicted octanol–water partition coefficient (Wildman–Crippen LogP) is 4.69. The molecule has 3 rings (SSSR count). The van der Waals surface area contributed by atoms with Crippen LogP contribution in [0.5, 0.6) is 0 Å². The maximum Gasteiger partial charge on any atom is 0.408 e. The van der Waals surface area contributed by atoms with Gasteiger partial charge in [-0.15, -0.1) is 13.2 Å². The first-order valence-electron chi connectivity index (χ1n) is 16.4. The van der Waals surface area contributed by atoms with Crippen LogP contribution in [0.25, 0.3) is 0 Å². The first-order chi connectivity index (χ1) is 22.5. The maximum atomic E-state index is 14.2. The zero-order valence-corrected chi connectivity index (χ0v) is 28.2. The number of Topliss-reactive ketones (excluding diaryl/α,β-unsaturated/α-hetero) is 1. The Morgan fingerprint density at radius 3 is 2.48 bits per heavy atom. The van der Waals surface area contributed by atoms with Gasteiger partial charge >= 0.3 is 24.1 Å². The average molecular weight is 673 g/mol. The Labute approximate surface area is 280 Å². The van der Waals surface area contributed by atoms with Gasteiger partial charge in [0, 0.05) is 30.5 Å². The highest BCUT2D eigenvalue weighted by atomic mass is 16.6. The lowest BCUT2D eigenvalue weighted by Crippen LogP contribution is -2.52. The third kappa shape index (κ3) is 8.70. The number of nitrogens with one attached hydrogen (secondary N) is 2. The molecular formula is C34H48N4O10. The van der Waals surface area contributed by atoms with E-state index < -0.39 is 69.7 Å². The van der Waals surface area contributed by atoms with Gasteiger partial charge < -0.3 is 30.1 Å². The number of allylic oxidation sites excluding steroid dienone is 3. The fourth-order valence-electron chi connectivity index (χ4n) is 6.28. The van der Waals surface area contributed by atoms with E-state index in [1.54, 1.807) is 39.8 Å². The van der Waals surface area contributed by atoms with Crippen LogP contribution < -0.4 is 10.6 Å². The molecule has 48 heavy (non-hydrogen) atoms. The molecule has 1 saturated carbocycles. The van der Waals surface area contributed by atoms with E-state index in [-0.39, 0.29) is 49.7 Å². The number of nitro groups is 1. The first-order valence-corrected chi connectivity index (χ1v) is 16.4. The van der Waals surface area contributed by atoms with Crippen LogP contribution in [0.3, 0.4) is 0 Å². The summed E-state index contributed by atoms with van der Waals surface area (Å²) in [5.41, 5.74) is -4.66. The summed E-state index contributed by atoms with van der Waals surface area (Å²) < 4.78 is 10.5. The summed E-state index contributed by atoms with van der Waals surface area (Å²) >= 11 is 0. The highest BCUT2D eigenvalue weighted by molar-refractivity contribution is 6.09. The standard InChI is InChI=1S/C34H48N4O10/c1-7-10-11-12-13-14-25(35-31(44)48-32(4,5)6)27(39)33(28(40)41)17-15-26(38(45)46)24(20-33)22-16-18-37(21-22)30(43)36-34(19-23(34)8-2)29(42)47-9-3/h7-8,15,20,22-23,25H,1-2,9-14,16-19,21H2,3-6H3,(H,35,44)(H,36,43)(H,40,41)/t22?,23?,25-,33?,34?/m0/s1. The number of hydrogen-bond donors (Lipinski definition) is 3. The zero-order valence-electron chi connectivity index (χ0n) is 28.2. The fraction of sp³-hybridized carbons (Fsp3) is 0.618. The summed E-state index contributed by atoms with van der Waals surface area (Å²) in [5, 5.41) is 28.0. The lowest BCUT2D eigenvalue weighted by molar-refractivity contribution is -0.422. The van der Waals surface area contributed by atoms with Crippen LogP contribution in [0.15, 0.2) is 48.7 Å². The molecule has 0 aromatic rings. The molecule has 1 heterocycles. The zero-order chi connectivity index (χ0) is 35.9. The number of carbonyl (C=O) groups is 5. The molecule has 2 aliphatic carbocycles. The van der Waals surface area contributed by atoms with Crippen LogP contribution in [0.2, 0.25) is 0 Å². The van der Waals surface area contributed by atoms with Crippen LogP contribution in [0.1, 0.15) is 79.1 Å². The maximum absolute atomic E-state index is 14.2. The molecule has 2 fully saturated rings. The number of esters is 1. The highest BCUT2D eigenvalue weighted by Crippen LogP contribution is 2.46. The average Bonchev–Trinajstić information content (AvgIpc) is 3.50. The molecule has 0 spiro atoms.